The van der Waals surface area contributed by atoms with Crippen molar-refractivity contribution in [3.05, 3.63) is 102 Å². The van der Waals surface area contributed by atoms with Crippen LogP contribution in [-0.4, -0.2) is 105 Å². The second-order valence-electron chi connectivity index (χ2n) is 15.8. The van der Waals surface area contributed by atoms with Crippen molar-refractivity contribution in [2.75, 3.05) is 6.54 Å². The Morgan fingerprint density at radius 3 is 1.80 bits per heavy atom. The van der Waals surface area contributed by atoms with Crippen molar-refractivity contribution in [3.63, 3.8) is 0 Å². The molecule has 0 unspecified atom stereocenters. The van der Waals surface area contributed by atoms with E-state index in [1.54, 1.807) is 50.4 Å². The van der Waals surface area contributed by atoms with E-state index in [2.05, 4.69) is 36.9 Å². The zero-order chi connectivity index (χ0) is 47.1. The Kier molecular flexibility index (Phi) is 17.9. The number of hydrogen-bond donors (Lipinski definition) is 11. The number of benzene rings is 3. The molecule has 19 nitrogen and oxygen atoms in total. The van der Waals surface area contributed by atoms with E-state index in [1.165, 1.54) is 31.2 Å². The van der Waals surface area contributed by atoms with E-state index in [1.807, 2.05) is 6.07 Å². The fourth-order valence-electron chi connectivity index (χ4n) is 6.63. The number of carboxylic acids is 1. The molecule has 342 valence electrons. The molecular weight excluding hydrogens is 834 g/mol. The van der Waals surface area contributed by atoms with Crippen molar-refractivity contribution >= 4 is 58.2 Å². The van der Waals surface area contributed by atoms with Crippen LogP contribution < -0.4 is 43.4 Å². The van der Waals surface area contributed by atoms with Gasteiger partial charge in [-0.25, -0.2) is 4.39 Å². The first-order valence-electron chi connectivity index (χ1n) is 20.4. The van der Waals surface area contributed by atoms with E-state index >= 15 is 0 Å². The van der Waals surface area contributed by atoms with E-state index < -0.39 is 102 Å². The maximum absolute atomic E-state index is 14.2. The Hall–Kier alpha value is -7.35. The molecule has 0 fully saturated rings. The quantitative estimate of drug-likeness (QED) is 0.0469. The zero-order valence-corrected chi connectivity index (χ0v) is 35.5. The molecule has 0 radical (unpaired) electrons. The number of halogens is 1. The van der Waals surface area contributed by atoms with Gasteiger partial charge in [-0.3, -0.25) is 38.4 Å². The normalized spacial score (nSPS) is 13.9. The van der Waals surface area contributed by atoms with Crippen molar-refractivity contribution in [1.29, 1.82) is 0 Å². The number of para-hydroxylation sites is 1. The summed E-state index contributed by atoms with van der Waals surface area (Å²) in [5.74, 6) is -8.30. The molecule has 0 aliphatic heterocycles. The highest BCUT2D eigenvalue weighted by Gasteiger charge is 2.33. The molecule has 64 heavy (non-hydrogen) atoms. The predicted molar refractivity (Wildman–Crippen MR) is 231 cm³/mol. The molecule has 1 heterocycles. The molecule has 7 amide bonds. The van der Waals surface area contributed by atoms with Gasteiger partial charge in [0.05, 0.1) is 19.0 Å². The van der Waals surface area contributed by atoms with E-state index in [0.29, 0.717) is 16.7 Å². The highest BCUT2D eigenvalue weighted by molar-refractivity contribution is 5.98. The number of primary amides is 1. The van der Waals surface area contributed by atoms with E-state index in [4.69, 9.17) is 11.5 Å². The number of aromatic nitrogens is 1. The molecule has 1 aromatic heterocycles. The van der Waals surface area contributed by atoms with Crippen LogP contribution in [0, 0.1) is 11.7 Å². The van der Waals surface area contributed by atoms with Crippen LogP contribution in [0.4, 0.5) is 4.39 Å². The zero-order valence-electron chi connectivity index (χ0n) is 35.5. The maximum atomic E-state index is 14.2. The minimum absolute atomic E-state index is 0.00712. The number of carbonyl (C=O) groups excluding carboxylic acids is 7. The second-order valence-corrected chi connectivity index (χ2v) is 15.8. The number of amides is 7. The van der Waals surface area contributed by atoms with Crippen LogP contribution in [0.1, 0.15) is 50.3 Å². The third kappa shape index (κ3) is 15.2. The summed E-state index contributed by atoms with van der Waals surface area (Å²) in [4.78, 5) is 108. The lowest BCUT2D eigenvalue weighted by Crippen LogP contribution is -2.59. The monoisotopic (exact) mass is 887 g/mol. The standard InChI is InChI=1S/C44H54FN9O10/c1-23(2)16-33(42(62)54-36(20-38(57)58)44(64)51-32(39(47)59)17-25-8-12-28(45)13-9-25)53-43(63)35(19-27-21-48-31-7-5-4-6-30(27)31)50-37(56)22-49-41(61)34(52-40(60)24(3)46)18-26-10-14-29(55)15-11-26/h4-15,21,23-24,32-36,48,55H,16-20,22,46H2,1-3H3,(H2,47,59)(H,49,61)(H,50,56)(H,51,64)(H,52,60)(H,53,63)(H,54,62)(H,57,58)/t24-,32-,33-,34-,35-,36-/m0/s1. The fourth-order valence-corrected chi connectivity index (χ4v) is 6.63. The Bertz CT molecular complexity index is 2300. The summed E-state index contributed by atoms with van der Waals surface area (Å²) in [5, 5.41) is 35.0. The van der Waals surface area contributed by atoms with Gasteiger partial charge in [0.1, 0.15) is 41.8 Å². The number of aromatic hydroxyl groups is 1. The van der Waals surface area contributed by atoms with Gasteiger partial charge >= 0.3 is 5.97 Å². The first kappa shape index (κ1) is 49.3. The van der Waals surface area contributed by atoms with Crippen molar-refractivity contribution in [2.24, 2.45) is 17.4 Å². The number of carboxylic acid groups (broad SMARTS) is 1. The SMILES string of the molecule is CC(C)C[C@H](NC(=O)[C@H](Cc1c[nH]c2ccccc12)NC(=O)CNC(=O)[C@H](Cc1ccc(O)cc1)NC(=O)[C@H](C)N)C(=O)N[C@@H](CC(=O)O)C(=O)N[C@@H](Cc1ccc(F)cc1)C(N)=O. The second kappa shape index (κ2) is 23.2. The highest BCUT2D eigenvalue weighted by Crippen LogP contribution is 2.20. The minimum Gasteiger partial charge on any atom is -0.508 e. The van der Waals surface area contributed by atoms with Gasteiger partial charge in [-0.1, -0.05) is 56.3 Å². The Morgan fingerprint density at radius 1 is 0.656 bits per heavy atom. The van der Waals surface area contributed by atoms with Gasteiger partial charge in [-0.15, -0.1) is 0 Å². The number of hydrogen-bond acceptors (Lipinski definition) is 10. The molecule has 0 saturated carbocycles. The summed E-state index contributed by atoms with van der Waals surface area (Å²) in [5.41, 5.74) is 13.6. The molecule has 0 aliphatic rings. The van der Waals surface area contributed by atoms with Crippen molar-refractivity contribution < 1.29 is 53.0 Å². The summed E-state index contributed by atoms with van der Waals surface area (Å²) in [6, 6.07) is 10.2. The first-order chi connectivity index (χ1) is 30.3. The van der Waals surface area contributed by atoms with Crippen LogP contribution in [0.2, 0.25) is 0 Å². The lowest BCUT2D eigenvalue weighted by molar-refractivity contribution is -0.141. The summed E-state index contributed by atoms with van der Waals surface area (Å²) in [7, 11) is 0. The third-order valence-corrected chi connectivity index (χ3v) is 9.96. The van der Waals surface area contributed by atoms with Crippen LogP contribution in [0.25, 0.3) is 10.9 Å². The fraction of sp³-hybridized carbons (Fsp3) is 0.364. The van der Waals surface area contributed by atoms with E-state index in [0.717, 1.165) is 23.0 Å². The lowest BCUT2D eigenvalue weighted by Gasteiger charge is -2.27. The molecule has 20 heteroatoms. The van der Waals surface area contributed by atoms with Crippen LogP contribution in [0.5, 0.6) is 5.75 Å². The number of rotatable bonds is 23. The Labute approximate surface area is 367 Å². The average molecular weight is 888 g/mol. The van der Waals surface area contributed by atoms with Crippen molar-refractivity contribution in [3.8, 4) is 5.75 Å². The Morgan fingerprint density at radius 2 is 1.19 bits per heavy atom. The summed E-state index contributed by atoms with van der Waals surface area (Å²) in [6.45, 7) is 4.28. The molecule has 0 bridgehead atoms. The number of nitrogens with two attached hydrogens (primary N) is 2. The summed E-state index contributed by atoms with van der Waals surface area (Å²) < 4.78 is 13.5. The molecule has 0 aliphatic carbocycles. The number of phenolic OH excluding ortho intramolecular Hbond substituents is 1. The van der Waals surface area contributed by atoms with Gasteiger partial charge in [0, 0.05) is 36.4 Å². The van der Waals surface area contributed by atoms with Crippen LogP contribution in [-0.2, 0) is 57.6 Å². The van der Waals surface area contributed by atoms with Gasteiger partial charge < -0.3 is 58.6 Å². The molecule has 0 saturated heterocycles. The number of fused-ring (bicyclic) bond motifs is 1. The molecular formula is C44H54FN9O10. The molecule has 0 spiro atoms. The largest absolute Gasteiger partial charge is 0.508 e. The van der Waals surface area contributed by atoms with E-state index in [-0.39, 0.29) is 37.4 Å². The van der Waals surface area contributed by atoms with E-state index in [9.17, 15) is 53.0 Å². The molecule has 3 aromatic carbocycles. The number of H-pyrrole nitrogens is 1. The molecule has 4 rings (SSSR count). The molecule has 13 N–H and O–H groups in total. The van der Waals surface area contributed by atoms with Gasteiger partial charge in [0.25, 0.3) is 0 Å². The number of aliphatic carboxylic acids is 1. The number of phenols is 1. The Balaban J connectivity index is 1.53. The highest BCUT2D eigenvalue weighted by atomic mass is 19.1. The van der Waals surface area contributed by atoms with Gasteiger partial charge in [-0.2, -0.15) is 0 Å². The topological polar surface area (TPSA) is 317 Å². The minimum atomic E-state index is -1.74. The summed E-state index contributed by atoms with van der Waals surface area (Å²) in [6.07, 6.45) is 0.431. The summed E-state index contributed by atoms with van der Waals surface area (Å²) >= 11 is 0. The third-order valence-electron chi connectivity index (χ3n) is 9.96. The van der Waals surface area contributed by atoms with Crippen molar-refractivity contribution in [1.82, 2.24) is 36.9 Å². The van der Waals surface area contributed by atoms with Crippen LogP contribution in [0.15, 0.2) is 79.0 Å². The number of aromatic amines is 1. The van der Waals surface area contributed by atoms with Crippen molar-refractivity contribution in [2.45, 2.75) is 89.1 Å². The lowest BCUT2D eigenvalue weighted by atomic mass is 10.00. The van der Waals surface area contributed by atoms with Crippen LogP contribution >= 0.6 is 0 Å². The van der Waals surface area contributed by atoms with Crippen LogP contribution in [0.3, 0.4) is 0 Å². The van der Waals surface area contributed by atoms with Gasteiger partial charge in [-0.05, 0) is 66.3 Å². The molecule has 6 atom stereocenters. The maximum Gasteiger partial charge on any atom is 0.305 e. The number of carbonyl (C=O) groups is 8. The smallest absolute Gasteiger partial charge is 0.305 e. The van der Waals surface area contributed by atoms with Gasteiger partial charge in [0.2, 0.25) is 41.4 Å². The van der Waals surface area contributed by atoms with Gasteiger partial charge in [0.15, 0.2) is 0 Å². The number of nitrogens with one attached hydrogen (secondary N) is 7. The first-order valence-corrected chi connectivity index (χ1v) is 20.4. The molecule has 4 aromatic rings. The predicted octanol–water partition coefficient (Wildman–Crippen LogP) is -0.0660. The average Bonchev–Trinajstić information content (AvgIpc) is 3.65.